The third-order valence-corrected chi connectivity index (χ3v) is 5.26. The smallest absolute Gasteiger partial charge is 0.272 e. The molecule has 0 radical (unpaired) electrons. The lowest BCUT2D eigenvalue weighted by atomic mass is 10.0. The Bertz CT molecular complexity index is 1210. The van der Waals surface area contributed by atoms with E-state index >= 15 is 0 Å². The van der Waals surface area contributed by atoms with Crippen molar-refractivity contribution in [2.75, 3.05) is 17.2 Å². The maximum Gasteiger partial charge on any atom is 0.272 e. The van der Waals surface area contributed by atoms with Gasteiger partial charge in [0.15, 0.2) is 0 Å². The van der Waals surface area contributed by atoms with Gasteiger partial charge in [-0.3, -0.25) is 14.4 Å². The summed E-state index contributed by atoms with van der Waals surface area (Å²) < 4.78 is 7.03. The number of benzene rings is 2. The highest BCUT2D eigenvalue weighted by atomic mass is 35.5. The van der Waals surface area contributed by atoms with Gasteiger partial charge in [0.1, 0.15) is 18.1 Å². The fourth-order valence-corrected chi connectivity index (χ4v) is 3.60. The number of aryl methyl sites for hydroxylation is 1. The van der Waals surface area contributed by atoms with Crippen LogP contribution in [-0.4, -0.2) is 23.0 Å². The first-order valence-electron chi connectivity index (χ1n) is 9.82. The number of ether oxygens (including phenoxy) is 1. The Morgan fingerprint density at radius 3 is 2.74 bits per heavy atom. The molecule has 1 aromatic heterocycles. The first kappa shape index (κ1) is 20.7. The Labute approximate surface area is 183 Å². The second kappa shape index (κ2) is 9.06. The Balaban J connectivity index is 1.48. The number of rotatable bonds is 6. The van der Waals surface area contributed by atoms with Crippen LogP contribution in [0.2, 0.25) is 5.02 Å². The molecule has 0 unspecified atom stereocenters. The van der Waals surface area contributed by atoms with E-state index in [4.69, 9.17) is 16.3 Å². The number of fused-ring (bicyclic) bond motifs is 1. The molecule has 3 aromatic rings. The number of halogens is 1. The van der Waals surface area contributed by atoms with Crippen molar-refractivity contribution in [1.29, 1.82) is 0 Å². The van der Waals surface area contributed by atoms with Gasteiger partial charge >= 0.3 is 0 Å². The summed E-state index contributed by atoms with van der Waals surface area (Å²) in [5.74, 6) is 0.0899. The van der Waals surface area contributed by atoms with Crippen LogP contribution in [0, 0.1) is 0 Å². The quantitative estimate of drug-likeness (QED) is 0.615. The number of nitrogens with zero attached hydrogens (tertiary/aromatic N) is 1. The second-order valence-corrected chi connectivity index (χ2v) is 7.46. The molecule has 0 saturated heterocycles. The number of carbonyl (C=O) groups is 2. The number of anilines is 2. The molecular weight excluding hydrogens is 418 g/mol. The molecule has 2 amide bonds. The maximum atomic E-state index is 12.9. The molecule has 2 heterocycles. The van der Waals surface area contributed by atoms with E-state index in [1.54, 1.807) is 48.5 Å². The Kier molecular flexibility index (Phi) is 6.04. The molecule has 7 nitrogen and oxygen atoms in total. The zero-order valence-corrected chi connectivity index (χ0v) is 17.3. The Hall–Kier alpha value is -3.58. The molecule has 0 spiro atoms. The van der Waals surface area contributed by atoms with Crippen LogP contribution < -0.4 is 20.9 Å². The lowest BCUT2D eigenvalue weighted by Crippen LogP contribution is -2.29. The molecule has 158 valence electrons. The number of aromatic nitrogens is 1. The zero-order valence-electron chi connectivity index (χ0n) is 16.6. The van der Waals surface area contributed by atoms with Gasteiger partial charge in [0.25, 0.3) is 11.5 Å². The van der Waals surface area contributed by atoms with E-state index in [-0.39, 0.29) is 30.3 Å². The molecule has 4 rings (SSSR count). The van der Waals surface area contributed by atoms with Crippen LogP contribution in [0.4, 0.5) is 11.4 Å². The minimum atomic E-state index is -0.407. The summed E-state index contributed by atoms with van der Waals surface area (Å²) in [6.45, 7) is 0.357. The van der Waals surface area contributed by atoms with Crippen LogP contribution in [0.5, 0.6) is 5.75 Å². The van der Waals surface area contributed by atoms with Crippen LogP contribution in [-0.2, 0) is 17.8 Å². The van der Waals surface area contributed by atoms with Crippen molar-refractivity contribution in [2.45, 2.75) is 19.4 Å². The van der Waals surface area contributed by atoms with Crippen LogP contribution in [0.1, 0.15) is 22.5 Å². The number of amides is 2. The third-order valence-electron chi connectivity index (χ3n) is 4.95. The molecule has 0 aliphatic carbocycles. The molecule has 0 atom stereocenters. The molecule has 1 aliphatic heterocycles. The average molecular weight is 438 g/mol. The number of hydrogen-bond donors (Lipinski definition) is 2. The fourth-order valence-electron chi connectivity index (χ4n) is 3.41. The molecule has 1 aliphatic rings. The Morgan fingerprint density at radius 1 is 1.06 bits per heavy atom. The number of hydrogen-bond acceptors (Lipinski definition) is 4. The van der Waals surface area contributed by atoms with Crippen molar-refractivity contribution in [3.8, 4) is 5.75 Å². The second-order valence-electron chi connectivity index (χ2n) is 7.05. The average Bonchev–Trinajstić information content (AvgIpc) is 2.76. The highest BCUT2D eigenvalue weighted by molar-refractivity contribution is 6.32. The van der Waals surface area contributed by atoms with Gasteiger partial charge in [-0.15, -0.1) is 0 Å². The number of carbonyl (C=O) groups excluding carboxylic acids is 2. The lowest BCUT2D eigenvalue weighted by molar-refractivity contribution is -0.116. The van der Waals surface area contributed by atoms with E-state index in [9.17, 15) is 14.4 Å². The molecule has 0 bridgehead atoms. The van der Waals surface area contributed by atoms with Gasteiger partial charge in [0.2, 0.25) is 5.91 Å². The van der Waals surface area contributed by atoms with Gasteiger partial charge in [-0.25, -0.2) is 0 Å². The SMILES string of the molecule is O=C1CCc2cc(NC(=O)c3cccc(=O)n3CCOc3ccccc3Cl)ccc2N1. The summed E-state index contributed by atoms with van der Waals surface area (Å²) in [7, 11) is 0. The summed E-state index contributed by atoms with van der Waals surface area (Å²) in [5, 5.41) is 6.12. The Morgan fingerprint density at radius 2 is 1.90 bits per heavy atom. The monoisotopic (exact) mass is 437 g/mol. The first-order valence-corrected chi connectivity index (χ1v) is 10.2. The predicted octanol–water partition coefficient (Wildman–Crippen LogP) is 3.72. The molecule has 2 aromatic carbocycles. The molecule has 0 fully saturated rings. The number of nitrogens with one attached hydrogen (secondary N) is 2. The number of para-hydroxylation sites is 1. The molecular formula is C23H20ClN3O4. The molecule has 31 heavy (non-hydrogen) atoms. The van der Waals surface area contributed by atoms with Gasteiger partial charge in [-0.1, -0.05) is 29.8 Å². The van der Waals surface area contributed by atoms with E-state index < -0.39 is 5.91 Å². The summed E-state index contributed by atoms with van der Waals surface area (Å²) in [5.41, 5.74) is 2.22. The van der Waals surface area contributed by atoms with Crippen LogP contribution in [0.25, 0.3) is 0 Å². The maximum absolute atomic E-state index is 12.9. The van der Waals surface area contributed by atoms with Crippen molar-refractivity contribution in [3.05, 3.63) is 87.3 Å². The minimum Gasteiger partial charge on any atom is -0.490 e. The summed E-state index contributed by atoms with van der Waals surface area (Å²) in [6.07, 6.45) is 1.02. The van der Waals surface area contributed by atoms with Crippen molar-refractivity contribution in [2.24, 2.45) is 0 Å². The van der Waals surface area contributed by atoms with E-state index in [2.05, 4.69) is 10.6 Å². The topological polar surface area (TPSA) is 89.4 Å². The highest BCUT2D eigenvalue weighted by Gasteiger charge is 2.17. The first-order chi connectivity index (χ1) is 15.0. The molecule has 8 heteroatoms. The van der Waals surface area contributed by atoms with Crippen molar-refractivity contribution >= 4 is 34.8 Å². The van der Waals surface area contributed by atoms with Gasteiger partial charge in [0, 0.05) is 23.9 Å². The van der Waals surface area contributed by atoms with Crippen LogP contribution in [0.15, 0.2) is 65.5 Å². The largest absolute Gasteiger partial charge is 0.490 e. The van der Waals surface area contributed by atoms with E-state index in [0.717, 1.165) is 11.3 Å². The van der Waals surface area contributed by atoms with E-state index in [1.165, 1.54) is 10.6 Å². The van der Waals surface area contributed by atoms with Crippen molar-refractivity contribution < 1.29 is 14.3 Å². The summed E-state index contributed by atoms with van der Waals surface area (Å²) in [6, 6.07) is 16.9. The fraction of sp³-hybridized carbons (Fsp3) is 0.174. The predicted molar refractivity (Wildman–Crippen MR) is 119 cm³/mol. The van der Waals surface area contributed by atoms with Gasteiger partial charge in [-0.2, -0.15) is 0 Å². The van der Waals surface area contributed by atoms with Crippen molar-refractivity contribution in [1.82, 2.24) is 4.57 Å². The normalized spacial score (nSPS) is 12.6. The van der Waals surface area contributed by atoms with E-state index in [0.29, 0.717) is 29.3 Å². The number of pyridine rings is 1. The standard InChI is InChI=1S/C23H20ClN3O4/c24-17-4-1-2-6-20(17)31-13-12-27-19(5-3-7-22(27)29)23(30)25-16-9-10-18-15(14-16)8-11-21(28)26-18/h1-7,9-10,14H,8,11-13H2,(H,25,30)(H,26,28). The minimum absolute atomic E-state index is 0.0170. The van der Waals surface area contributed by atoms with Crippen molar-refractivity contribution in [3.63, 3.8) is 0 Å². The van der Waals surface area contributed by atoms with E-state index in [1.807, 2.05) is 6.07 Å². The third kappa shape index (κ3) is 4.78. The lowest BCUT2D eigenvalue weighted by Gasteiger charge is -2.18. The van der Waals surface area contributed by atoms with Gasteiger partial charge in [-0.05, 0) is 48.4 Å². The highest BCUT2D eigenvalue weighted by Crippen LogP contribution is 2.26. The van der Waals surface area contributed by atoms with Gasteiger partial charge in [0.05, 0.1) is 11.6 Å². The summed E-state index contributed by atoms with van der Waals surface area (Å²) in [4.78, 5) is 36.8. The van der Waals surface area contributed by atoms with Crippen LogP contribution >= 0.6 is 11.6 Å². The molecule has 0 saturated carbocycles. The van der Waals surface area contributed by atoms with Gasteiger partial charge < -0.3 is 19.9 Å². The van der Waals surface area contributed by atoms with Crippen LogP contribution in [0.3, 0.4) is 0 Å². The molecule has 2 N–H and O–H groups in total. The summed E-state index contributed by atoms with van der Waals surface area (Å²) >= 11 is 6.09. The zero-order chi connectivity index (χ0) is 21.8.